The number of imide groups is 1. The second-order valence-electron chi connectivity index (χ2n) is 6.57. The molecule has 0 radical (unpaired) electrons. The molecule has 2 aromatic heterocycles. The number of fused-ring (bicyclic) bond motifs is 1. The van der Waals surface area contributed by atoms with Crippen LogP contribution in [0.5, 0.6) is 0 Å². The van der Waals surface area contributed by atoms with E-state index < -0.39 is 42.3 Å². The number of nitrogens with zero attached hydrogens (tertiary/aromatic N) is 4. The Morgan fingerprint density at radius 1 is 1.21 bits per heavy atom. The number of aromatic nitrogens is 4. The molecule has 3 amide bonds. The minimum absolute atomic E-state index is 0.148. The number of rotatable bonds is 6. The van der Waals surface area contributed by atoms with E-state index >= 15 is 0 Å². The van der Waals surface area contributed by atoms with E-state index in [-0.39, 0.29) is 17.1 Å². The zero-order chi connectivity index (χ0) is 21.0. The molecule has 0 fully saturated rings. The number of hydrogen-bond acceptors (Lipinski definition) is 7. The number of ether oxygens (including phenoxy) is 1. The molecule has 0 saturated carbocycles. The summed E-state index contributed by atoms with van der Waals surface area (Å²) >= 11 is 0. The van der Waals surface area contributed by atoms with Gasteiger partial charge in [-0.15, -0.1) is 0 Å². The normalized spacial score (nSPS) is 10.9. The van der Waals surface area contributed by atoms with Crippen LogP contribution in [0.15, 0.2) is 15.9 Å². The summed E-state index contributed by atoms with van der Waals surface area (Å²) in [5.74, 6) is -1.60. The standard InChI is InChI=1S/C16H22N6O6/c1-9(2)5-17-15(26)19-10(23)7-28-11(24)6-22-14(25)12-13(18-8-20(12)3)21(4)16(22)27/h8-9H,5-7H2,1-4H3,(H2,17,19,23,26). The summed E-state index contributed by atoms with van der Waals surface area (Å²) in [4.78, 5) is 63.8. The van der Waals surface area contributed by atoms with Gasteiger partial charge in [0.2, 0.25) is 0 Å². The molecule has 28 heavy (non-hydrogen) atoms. The van der Waals surface area contributed by atoms with Gasteiger partial charge in [0.15, 0.2) is 17.8 Å². The van der Waals surface area contributed by atoms with Gasteiger partial charge in [0.05, 0.1) is 6.33 Å². The molecule has 0 unspecified atom stereocenters. The molecular formula is C16H22N6O6. The Balaban J connectivity index is 2.01. The first-order chi connectivity index (χ1) is 13.1. The number of carbonyl (C=O) groups is 3. The summed E-state index contributed by atoms with van der Waals surface area (Å²) in [7, 11) is 3.00. The molecule has 0 aromatic carbocycles. The van der Waals surface area contributed by atoms with Gasteiger partial charge < -0.3 is 14.6 Å². The van der Waals surface area contributed by atoms with Gasteiger partial charge in [-0.1, -0.05) is 13.8 Å². The fourth-order valence-corrected chi connectivity index (χ4v) is 2.36. The molecule has 2 N–H and O–H groups in total. The van der Waals surface area contributed by atoms with Crippen molar-refractivity contribution in [2.75, 3.05) is 13.2 Å². The lowest BCUT2D eigenvalue weighted by Crippen LogP contribution is -2.43. The van der Waals surface area contributed by atoms with Crippen molar-refractivity contribution in [3.8, 4) is 0 Å². The molecule has 0 atom stereocenters. The van der Waals surface area contributed by atoms with Crippen molar-refractivity contribution in [1.82, 2.24) is 29.3 Å². The largest absolute Gasteiger partial charge is 0.454 e. The Hall–Kier alpha value is -3.44. The molecule has 12 nitrogen and oxygen atoms in total. The fraction of sp³-hybridized carbons (Fsp3) is 0.500. The average molecular weight is 394 g/mol. The highest BCUT2D eigenvalue weighted by molar-refractivity contribution is 5.95. The fourth-order valence-electron chi connectivity index (χ4n) is 2.36. The Morgan fingerprint density at radius 3 is 2.54 bits per heavy atom. The zero-order valence-corrected chi connectivity index (χ0v) is 16.0. The van der Waals surface area contributed by atoms with Gasteiger partial charge in [-0.05, 0) is 5.92 Å². The molecule has 12 heteroatoms. The van der Waals surface area contributed by atoms with E-state index in [4.69, 9.17) is 4.74 Å². The highest BCUT2D eigenvalue weighted by atomic mass is 16.5. The number of aryl methyl sites for hydroxylation is 2. The van der Waals surface area contributed by atoms with Crippen LogP contribution >= 0.6 is 0 Å². The summed E-state index contributed by atoms with van der Waals surface area (Å²) in [6.07, 6.45) is 1.38. The van der Waals surface area contributed by atoms with Crippen molar-refractivity contribution >= 4 is 29.1 Å². The van der Waals surface area contributed by atoms with E-state index in [1.54, 1.807) is 7.05 Å². The molecule has 0 spiro atoms. The van der Waals surface area contributed by atoms with Crippen LogP contribution in [0.4, 0.5) is 4.79 Å². The van der Waals surface area contributed by atoms with Gasteiger partial charge in [-0.3, -0.25) is 24.3 Å². The second-order valence-corrected chi connectivity index (χ2v) is 6.57. The quantitative estimate of drug-likeness (QED) is 0.564. The van der Waals surface area contributed by atoms with E-state index in [1.165, 1.54) is 17.9 Å². The third-order valence-electron chi connectivity index (χ3n) is 3.78. The molecule has 2 aromatic rings. The SMILES string of the molecule is CC(C)CNC(=O)NC(=O)COC(=O)Cn1c(=O)c2c(ncn2C)n(C)c1=O. The number of nitrogens with one attached hydrogen (secondary N) is 2. The third kappa shape index (κ3) is 4.64. The molecule has 0 bridgehead atoms. The molecule has 0 saturated heterocycles. The molecule has 0 aliphatic heterocycles. The van der Waals surface area contributed by atoms with E-state index in [1.807, 2.05) is 19.2 Å². The van der Waals surface area contributed by atoms with Crippen LogP contribution in [0.2, 0.25) is 0 Å². The van der Waals surface area contributed by atoms with Gasteiger partial charge in [0.25, 0.3) is 11.5 Å². The summed E-state index contributed by atoms with van der Waals surface area (Å²) < 4.78 is 8.01. The minimum atomic E-state index is -0.974. The number of imidazole rings is 1. The average Bonchev–Trinajstić information content (AvgIpc) is 3.02. The summed E-state index contributed by atoms with van der Waals surface area (Å²) in [5, 5.41) is 4.47. The lowest BCUT2D eigenvalue weighted by atomic mass is 10.2. The number of esters is 1. The van der Waals surface area contributed by atoms with Crippen molar-refractivity contribution in [2.45, 2.75) is 20.4 Å². The molecule has 0 aliphatic rings. The Labute approximate surface area is 159 Å². The van der Waals surface area contributed by atoms with E-state index in [0.29, 0.717) is 11.1 Å². The Morgan fingerprint density at radius 2 is 1.89 bits per heavy atom. The van der Waals surface area contributed by atoms with Gasteiger partial charge in [-0.2, -0.15) is 0 Å². The summed E-state index contributed by atoms with van der Waals surface area (Å²) in [5.41, 5.74) is -1.11. The molecule has 2 heterocycles. The lowest BCUT2D eigenvalue weighted by Gasteiger charge is -2.10. The molecule has 0 aliphatic carbocycles. The maximum atomic E-state index is 12.5. The number of amides is 3. The Bertz CT molecular complexity index is 1030. The maximum absolute atomic E-state index is 12.5. The van der Waals surface area contributed by atoms with Crippen LogP contribution in [0, 0.1) is 5.92 Å². The first kappa shape index (κ1) is 20.9. The van der Waals surface area contributed by atoms with Crippen LogP contribution in [-0.2, 0) is 35.0 Å². The minimum Gasteiger partial charge on any atom is -0.454 e. The smallest absolute Gasteiger partial charge is 0.333 e. The molecular weight excluding hydrogens is 372 g/mol. The highest BCUT2D eigenvalue weighted by Gasteiger charge is 2.18. The monoisotopic (exact) mass is 394 g/mol. The van der Waals surface area contributed by atoms with E-state index in [2.05, 4.69) is 10.3 Å². The van der Waals surface area contributed by atoms with Crippen molar-refractivity contribution in [1.29, 1.82) is 0 Å². The van der Waals surface area contributed by atoms with Gasteiger partial charge >= 0.3 is 17.7 Å². The van der Waals surface area contributed by atoms with Crippen molar-refractivity contribution in [3.05, 3.63) is 27.2 Å². The summed E-state index contributed by atoms with van der Waals surface area (Å²) in [6.45, 7) is 2.75. The lowest BCUT2D eigenvalue weighted by molar-refractivity contribution is -0.149. The predicted molar refractivity (Wildman–Crippen MR) is 97.6 cm³/mol. The van der Waals surface area contributed by atoms with Gasteiger partial charge in [0.1, 0.15) is 6.54 Å². The van der Waals surface area contributed by atoms with Crippen LogP contribution < -0.4 is 21.9 Å². The zero-order valence-electron chi connectivity index (χ0n) is 16.0. The van der Waals surface area contributed by atoms with E-state index in [9.17, 15) is 24.0 Å². The van der Waals surface area contributed by atoms with Crippen LogP contribution in [0.1, 0.15) is 13.8 Å². The van der Waals surface area contributed by atoms with Crippen LogP contribution in [0.3, 0.4) is 0 Å². The maximum Gasteiger partial charge on any atom is 0.333 e. The van der Waals surface area contributed by atoms with Gasteiger partial charge in [0, 0.05) is 20.6 Å². The third-order valence-corrected chi connectivity index (χ3v) is 3.78. The topological polar surface area (TPSA) is 146 Å². The first-order valence-corrected chi connectivity index (χ1v) is 8.46. The second kappa shape index (κ2) is 8.50. The van der Waals surface area contributed by atoms with Crippen molar-refractivity contribution in [3.63, 3.8) is 0 Å². The highest BCUT2D eigenvalue weighted by Crippen LogP contribution is 2.02. The number of hydrogen-bond donors (Lipinski definition) is 2. The molecule has 2 rings (SSSR count). The Kier molecular flexibility index (Phi) is 6.33. The number of carbonyl (C=O) groups excluding carboxylic acids is 3. The van der Waals surface area contributed by atoms with Crippen LogP contribution in [0.25, 0.3) is 11.2 Å². The van der Waals surface area contributed by atoms with E-state index in [0.717, 1.165) is 4.57 Å². The number of urea groups is 1. The first-order valence-electron chi connectivity index (χ1n) is 8.46. The van der Waals surface area contributed by atoms with Crippen molar-refractivity contribution in [2.24, 2.45) is 20.0 Å². The molecule has 152 valence electrons. The van der Waals surface area contributed by atoms with Crippen molar-refractivity contribution < 1.29 is 19.1 Å². The predicted octanol–water partition coefficient (Wildman–Crippen LogP) is -1.54. The van der Waals surface area contributed by atoms with Gasteiger partial charge in [-0.25, -0.2) is 19.1 Å². The summed E-state index contributed by atoms with van der Waals surface area (Å²) in [6, 6.07) is -0.707. The van der Waals surface area contributed by atoms with Crippen LogP contribution in [-0.4, -0.2) is 49.7 Å².